The van der Waals surface area contributed by atoms with Gasteiger partial charge in [-0.2, -0.15) is 0 Å². The highest BCUT2D eigenvalue weighted by molar-refractivity contribution is 5.86. The molecule has 0 spiro atoms. The number of halogens is 2. The molecule has 0 atom stereocenters. The van der Waals surface area contributed by atoms with Crippen molar-refractivity contribution in [3.05, 3.63) is 71.6 Å². The Labute approximate surface area is 180 Å². The van der Waals surface area contributed by atoms with Crippen LogP contribution in [0.2, 0.25) is 0 Å². The third kappa shape index (κ3) is 2.87. The molecule has 4 aromatic heterocycles. The third-order valence-electron chi connectivity index (χ3n) is 5.63. The molecule has 0 fully saturated rings. The fourth-order valence-electron chi connectivity index (χ4n) is 4.20. The van der Waals surface area contributed by atoms with Gasteiger partial charge in [-0.1, -0.05) is 0 Å². The minimum atomic E-state index is -0.402. The molecule has 5 heterocycles. The number of hydrogen-bond acceptors (Lipinski definition) is 6. The number of ether oxygens (including phenoxy) is 1. The highest BCUT2D eigenvalue weighted by atomic mass is 19.1. The van der Waals surface area contributed by atoms with Crippen molar-refractivity contribution in [1.82, 2.24) is 29.0 Å². The van der Waals surface area contributed by atoms with Gasteiger partial charge in [0.15, 0.2) is 5.65 Å². The summed E-state index contributed by atoms with van der Waals surface area (Å²) in [5.41, 5.74) is 4.40. The van der Waals surface area contributed by atoms with Crippen LogP contribution in [0.5, 0.6) is 5.75 Å². The first kappa shape index (κ1) is 18.7. The molecule has 0 amide bonds. The molecular weight excluding hydrogens is 416 g/mol. The number of nitrogens with zero attached hydrogens (tertiary/aromatic N) is 6. The Bertz CT molecular complexity index is 1510. The summed E-state index contributed by atoms with van der Waals surface area (Å²) in [6.07, 6.45) is 6.90. The standard InChI is InChI=1S/C22H17F2N7O/c1-12-9-30-10-13(23)6-15(20(30)28-12)17-8-26-22(31-11-27-29-21(17)31)25-7-16-14-4-5-32-19(14)3-2-18(16)24/h2-3,6,8-11H,4-5,7H2,1H3,(H,25,26). The van der Waals surface area contributed by atoms with Gasteiger partial charge in [-0.05, 0) is 25.1 Å². The summed E-state index contributed by atoms with van der Waals surface area (Å²) in [7, 11) is 0. The lowest BCUT2D eigenvalue weighted by Gasteiger charge is -2.13. The first-order valence-corrected chi connectivity index (χ1v) is 10.1. The maximum Gasteiger partial charge on any atom is 0.210 e. The molecule has 0 bridgehead atoms. The predicted molar refractivity (Wildman–Crippen MR) is 113 cm³/mol. The molecule has 1 N–H and O–H groups in total. The summed E-state index contributed by atoms with van der Waals surface area (Å²) in [4.78, 5) is 9.00. The average molecular weight is 433 g/mol. The molecule has 160 valence electrons. The second-order valence-corrected chi connectivity index (χ2v) is 7.66. The van der Waals surface area contributed by atoms with E-state index in [4.69, 9.17) is 4.74 Å². The Morgan fingerprint density at radius 3 is 2.97 bits per heavy atom. The molecule has 6 rings (SSSR count). The number of imidazole rings is 1. The number of benzene rings is 1. The second-order valence-electron chi connectivity index (χ2n) is 7.66. The van der Waals surface area contributed by atoms with E-state index >= 15 is 0 Å². The molecule has 0 saturated heterocycles. The summed E-state index contributed by atoms with van der Waals surface area (Å²) in [6.45, 7) is 2.61. The van der Waals surface area contributed by atoms with Gasteiger partial charge in [0.1, 0.15) is 29.4 Å². The average Bonchev–Trinajstić information content (AvgIpc) is 3.51. The van der Waals surface area contributed by atoms with E-state index in [1.807, 2.05) is 6.92 Å². The van der Waals surface area contributed by atoms with Crippen molar-refractivity contribution in [3.8, 4) is 16.9 Å². The smallest absolute Gasteiger partial charge is 0.210 e. The molecule has 32 heavy (non-hydrogen) atoms. The van der Waals surface area contributed by atoms with Gasteiger partial charge in [0, 0.05) is 53.8 Å². The van der Waals surface area contributed by atoms with E-state index in [0.717, 1.165) is 11.3 Å². The van der Waals surface area contributed by atoms with Gasteiger partial charge >= 0.3 is 0 Å². The van der Waals surface area contributed by atoms with Gasteiger partial charge in [0.25, 0.3) is 0 Å². The molecule has 0 radical (unpaired) electrons. The number of pyridine rings is 1. The quantitative estimate of drug-likeness (QED) is 0.467. The summed E-state index contributed by atoms with van der Waals surface area (Å²) in [6, 6.07) is 4.47. The van der Waals surface area contributed by atoms with E-state index in [0.29, 0.717) is 52.7 Å². The molecule has 0 aliphatic carbocycles. The van der Waals surface area contributed by atoms with E-state index in [9.17, 15) is 8.78 Å². The number of aromatic nitrogens is 6. The molecule has 0 unspecified atom stereocenters. The maximum atomic E-state index is 14.5. The predicted octanol–water partition coefficient (Wildman–Crippen LogP) is 3.57. The first-order valence-electron chi connectivity index (χ1n) is 10.1. The first-order chi connectivity index (χ1) is 15.6. The number of aryl methyl sites for hydroxylation is 1. The third-order valence-corrected chi connectivity index (χ3v) is 5.63. The number of anilines is 1. The summed E-state index contributed by atoms with van der Waals surface area (Å²) in [5, 5.41) is 11.4. The van der Waals surface area contributed by atoms with Crippen LogP contribution in [0.3, 0.4) is 0 Å². The van der Waals surface area contributed by atoms with Crippen molar-refractivity contribution in [1.29, 1.82) is 0 Å². The van der Waals surface area contributed by atoms with Crippen LogP contribution in [-0.4, -0.2) is 35.6 Å². The van der Waals surface area contributed by atoms with Crippen molar-refractivity contribution in [2.75, 3.05) is 11.9 Å². The molecular formula is C22H17F2N7O. The van der Waals surface area contributed by atoms with Crippen LogP contribution in [-0.2, 0) is 13.0 Å². The van der Waals surface area contributed by atoms with Gasteiger partial charge < -0.3 is 14.5 Å². The highest BCUT2D eigenvalue weighted by Crippen LogP contribution is 2.32. The molecule has 1 aliphatic rings. The SMILES string of the molecule is Cc1cn2cc(F)cc(-c3cnc(NCc4c(F)ccc5c4CCO5)n4cnnc34)c2n1. The number of nitrogens with one attached hydrogen (secondary N) is 1. The Morgan fingerprint density at radius 1 is 1.16 bits per heavy atom. The Balaban J connectivity index is 1.41. The van der Waals surface area contributed by atoms with Gasteiger partial charge in [0.05, 0.1) is 12.3 Å². The summed E-state index contributed by atoms with van der Waals surface area (Å²) in [5.74, 6) is 0.457. The fraction of sp³-hybridized carbons (Fsp3) is 0.182. The molecule has 8 nitrogen and oxygen atoms in total. The van der Waals surface area contributed by atoms with Crippen LogP contribution in [0.1, 0.15) is 16.8 Å². The van der Waals surface area contributed by atoms with Crippen molar-refractivity contribution in [2.24, 2.45) is 0 Å². The van der Waals surface area contributed by atoms with Crippen LogP contribution in [0.25, 0.3) is 22.4 Å². The van der Waals surface area contributed by atoms with E-state index in [-0.39, 0.29) is 12.4 Å². The van der Waals surface area contributed by atoms with Crippen LogP contribution in [0.15, 0.2) is 43.1 Å². The summed E-state index contributed by atoms with van der Waals surface area (Å²) >= 11 is 0. The van der Waals surface area contributed by atoms with Crippen LogP contribution >= 0.6 is 0 Å². The van der Waals surface area contributed by atoms with Crippen LogP contribution in [0.4, 0.5) is 14.7 Å². The second kappa shape index (κ2) is 6.98. The lowest BCUT2D eigenvalue weighted by atomic mass is 10.0. The molecule has 1 aliphatic heterocycles. The lowest BCUT2D eigenvalue weighted by molar-refractivity contribution is 0.356. The highest BCUT2D eigenvalue weighted by Gasteiger charge is 2.20. The zero-order valence-corrected chi connectivity index (χ0v) is 17.0. The van der Waals surface area contributed by atoms with Crippen molar-refractivity contribution < 1.29 is 13.5 Å². The van der Waals surface area contributed by atoms with Gasteiger partial charge in [-0.3, -0.25) is 4.40 Å². The molecule has 10 heteroatoms. The molecule has 0 saturated carbocycles. The Morgan fingerprint density at radius 2 is 2.06 bits per heavy atom. The fourth-order valence-corrected chi connectivity index (χ4v) is 4.20. The van der Waals surface area contributed by atoms with Crippen LogP contribution < -0.4 is 10.1 Å². The zero-order valence-electron chi connectivity index (χ0n) is 17.0. The van der Waals surface area contributed by atoms with Crippen molar-refractivity contribution in [3.63, 3.8) is 0 Å². The van der Waals surface area contributed by atoms with Crippen LogP contribution in [0, 0.1) is 18.6 Å². The van der Waals surface area contributed by atoms with Crippen molar-refractivity contribution >= 4 is 17.2 Å². The van der Waals surface area contributed by atoms with Crippen molar-refractivity contribution in [2.45, 2.75) is 19.9 Å². The van der Waals surface area contributed by atoms with E-state index in [1.54, 1.807) is 27.3 Å². The number of hydrogen-bond donors (Lipinski definition) is 1. The van der Waals surface area contributed by atoms with E-state index in [1.165, 1.54) is 24.7 Å². The Hall–Kier alpha value is -4.08. The monoisotopic (exact) mass is 433 g/mol. The van der Waals surface area contributed by atoms with Gasteiger partial charge in [0.2, 0.25) is 5.95 Å². The topological polar surface area (TPSA) is 81.6 Å². The zero-order chi connectivity index (χ0) is 21.8. The molecule has 5 aromatic rings. The van der Waals surface area contributed by atoms with Gasteiger partial charge in [-0.25, -0.2) is 18.7 Å². The minimum Gasteiger partial charge on any atom is -0.493 e. The number of rotatable bonds is 4. The molecule has 1 aromatic carbocycles. The summed E-state index contributed by atoms with van der Waals surface area (Å²) < 4.78 is 37.6. The lowest BCUT2D eigenvalue weighted by Crippen LogP contribution is -2.10. The maximum absolute atomic E-state index is 14.5. The van der Waals surface area contributed by atoms with E-state index in [2.05, 4.69) is 25.5 Å². The Kier molecular flexibility index (Phi) is 4.07. The minimum absolute atomic E-state index is 0.224. The normalized spacial score (nSPS) is 13.0. The number of fused-ring (bicyclic) bond motifs is 3. The van der Waals surface area contributed by atoms with E-state index < -0.39 is 5.82 Å². The largest absolute Gasteiger partial charge is 0.493 e. The van der Waals surface area contributed by atoms with Gasteiger partial charge in [-0.15, -0.1) is 10.2 Å².